The van der Waals surface area contributed by atoms with Gasteiger partial charge in [-0.1, -0.05) is 11.2 Å². The van der Waals surface area contributed by atoms with Crippen molar-refractivity contribution in [2.45, 2.75) is 6.92 Å². The number of carbonyl (C=O) groups is 1. The Kier molecular flexibility index (Phi) is 4.39. The van der Waals surface area contributed by atoms with Crippen molar-refractivity contribution >= 4 is 17.4 Å². The number of aryl methyl sites for hydroxylation is 1. The molecule has 2 aromatic rings. The molecular weight excluding hydrogens is 274 g/mol. The van der Waals surface area contributed by atoms with Gasteiger partial charge < -0.3 is 21.0 Å². The van der Waals surface area contributed by atoms with Crippen molar-refractivity contribution in [3.05, 3.63) is 41.7 Å². The van der Waals surface area contributed by atoms with E-state index in [1.54, 1.807) is 31.2 Å². The first-order valence-electron chi connectivity index (χ1n) is 6.10. The van der Waals surface area contributed by atoms with E-state index in [4.69, 9.17) is 15.7 Å². The largest absolute Gasteiger partial charge is 0.485 e. The van der Waals surface area contributed by atoms with Gasteiger partial charge in [0.25, 0.3) is 5.91 Å². The number of ether oxygens (including phenoxy) is 1. The molecule has 0 fully saturated rings. The van der Waals surface area contributed by atoms with Crippen molar-refractivity contribution in [3.63, 3.8) is 0 Å². The first-order valence-corrected chi connectivity index (χ1v) is 6.10. The zero-order chi connectivity index (χ0) is 15.2. The summed E-state index contributed by atoms with van der Waals surface area (Å²) in [5, 5.41) is 20.5. The molecule has 0 bridgehead atoms. The summed E-state index contributed by atoms with van der Waals surface area (Å²) in [7, 11) is 0. The molecule has 0 unspecified atom stereocenters. The van der Waals surface area contributed by atoms with E-state index >= 15 is 0 Å². The summed E-state index contributed by atoms with van der Waals surface area (Å²) in [6.07, 6.45) is 1.46. The Labute approximate surface area is 120 Å². The number of carbonyl (C=O) groups excluding carboxylic acids is 1. The highest BCUT2D eigenvalue weighted by Crippen LogP contribution is 2.18. The van der Waals surface area contributed by atoms with Crippen LogP contribution in [0.15, 0.2) is 35.6 Å². The normalized spacial score (nSPS) is 11.2. The highest BCUT2D eigenvalue weighted by Gasteiger charge is 2.11. The lowest BCUT2D eigenvalue weighted by Crippen LogP contribution is -2.20. The number of rotatable bonds is 5. The maximum atomic E-state index is 12.0. The van der Waals surface area contributed by atoms with Crippen LogP contribution in [0, 0.1) is 6.92 Å². The van der Waals surface area contributed by atoms with E-state index in [1.807, 2.05) is 0 Å². The molecule has 0 aliphatic carbocycles. The number of oxime groups is 1. The number of H-pyrrole nitrogens is 1. The van der Waals surface area contributed by atoms with Crippen molar-refractivity contribution in [1.29, 1.82) is 0 Å². The van der Waals surface area contributed by atoms with Crippen molar-refractivity contribution in [3.8, 4) is 5.75 Å². The number of hydrogen-bond acceptors (Lipinski definition) is 5. The lowest BCUT2D eigenvalue weighted by molar-refractivity contribution is 0.102. The van der Waals surface area contributed by atoms with E-state index < -0.39 is 0 Å². The van der Waals surface area contributed by atoms with Crippen LogP contribution in [0.3, 0.4) is 0 Å². The third-order valence-corrected chi connectivity index (χ3v) is 2.68. The fourth-order valence-corrected chi connectivity index (χ4v) is 1.63. The quantitative estimate of drug-likeness (QED) is 0.284. The Morgan fingerprint density at radius 1 is 1.57 bits per heavy atom. The number of anilines is 1. The van der Waals surface area contributed by atoms with Gasteiger partial charge in [-0.25, -0.2) is 0 Å². The topological polar surface area (TPSA) is 126 Å². The molecule has 0 saturated heterocycles. The summed E-state index contributed by atoms with van der Waals surface area (Å²) in [6, 6.07) is 6.78. The van der Waals surface area contributed by atoms with Gasteiger partial charge in [0.05, 0.1) is 11.8 Å². The summed E-state index contributed by atoms with van der Waals surface area (Å²) in [5.74, 6) is 0.177. The Balaban J connectivity index is 2.04. The second-order valence-corrected chi connectivity index (χ2v) is 4.27. The van der Waals surface area contributed by atoms with Crippen molar-refractivity contribution in [2.75, 3.05) is 11.9 Å². The molecule has 5 N–H and O–H groups in total. The molecule has 0 radical (unpaired) electrons. The SMILES string of the molecule is Cc1[nH]ncc1C(=O)Nc1cccc(OCC(N)=NO)c1. The minimum absolute atomic E-state index is 0.0431. The molecule has 1 amide bonds. The summed E-state index contributed by atoms with van der Waals surface area (Å²) < 4.78 is 5.31. The molecule has 21 heavy (non-hydrogen) atoms. The number of aromatic nitrogens is 2. The zero-order valence-corrected chi connectivity index (χ0v) is 11.3. The zero-order valence-electron chi connectivity index (χ0n) is 11.3. The number of nitrogens with two attached hydrogens (primary N) is 1. The van der Waals surface area contributed by atoms with Crippen LogP contribution in [0.1, 0.15) is 16.1 Å². The van der Waals surface area contributed by atoms with Gasteiger partial charge in [-0.15, -0.1) is 0 Å². The van der Waals surface area contributed by atoms with Crippen LogP contribution < -0.4 is 15.8 Å². The third-order valence-electron chi connectivity index (χ3n) is 2.68. The van der Waals surface area contributed by atoms with Gasteiger partial charge in [0.15, 0.2) is 5.84 Å². The van der Waals surface area contributed by atoms with Gasteiger partial charge in [-0.2, -0.15) is 5.10 Å². The molecule has 1 heterocycles. The fraction of sp³-hybridized carbons (Fsp3) is 0.154. The van der Waals surface area contributed by atoms with Gasteiger partial charge in [-0.3, -0.25) is 9.89 Å². The predicted molar refractivity (Wildman–Crippen MR) is 76.6 cm³/mol. The first-order chi connectivity index (χ1) is 10.1. The molecule has 0 atom stereocenters. The molecule has 110 valence electrons. The highest BCUT2D eigenvalue weighted by molar-refractivity contribution is 6.04. The molecule has 8 heteroatoms. The van der Waals surface area contributed by atoms with E-state index in [2.05, 4.69) is 20.7 Å². The van der Waals surface area contributed by atoms with Crippen LogP contribution in [0.5, 0.6) is 5.75 Å². The lowest BCUT2D eigenvalue weighted by Gasteiger charge is -2.08. The molecular formula is C13H15N5O3. The third kappa shape index (κ3) is 3.72. The van der Waals surface area contributed by atoms with Crippen LogP contribution in [0.4, 0.5) is 5.69 Å². The summed E-state index contributed by atoms with van der Waals surface area (Å²) in [6.45, 7) is 1.72. The summed E-state index contributed by atoms with van der Waals surface area (Å²) in [5.41, 5.74) is 7.04. The number of nitrogens with one attached hydrogen (secondary N) is 2. The van der Waals surface area contributed by atoms with E-state index in [0.717, 1.165) is 0 Å². The minimum atomic E-state index is -0.269. The number of hydrogen-bond donors (Lipinski definition) is 4. The van der Waals surface area contributed by atoms with Crippen LogP contribution in [-0.4, -0.2) is 33.8 Å². The van der Waals surface area contributed by atoms with Crippen LogP contribution in [-0.2, 0) is 0 Å². The second kappa shape index (κ2) is 6.42. The maximum absolute atomic E-state index is 12.0. The Hall–Kier alpha value is -3.03. The molecule has 0 aliphatic heterocycles. The van der Waals surface area contributed by atoms with Crippen LogP contribution in [0.2, 0.25) is 0 Å². The van der Waals surface area contributed by atoms with E-state index in [1.165, 1.54) is 6.20 Å². The van der Waals surface area contributed by atoms with Crippen molar-refractivity contribution < 1.29 is 14.7 Å². The molecule has 0 aliphatic rings. The average molecular weight is 289 g/mol. The fourth-order valence-electron chi connectivity index (χ4n) is 1.63. The monoisotopic (exact) mass is 289 g/mol. The smallest absolute Gasteiger partial charge is 0.259 e. The van der Waals surface area contributed by atoms with Gasteiger partial charge >= 0.3 is 0 Å². The summed E-state index contributed by atoms with van der Waals surface area (Å²) >= 11 is 0. The number of amidine groups is 1. The number of benzene rings is 1. The van der Waals surface area contributed by atoms with Crippen LogP contribution >= 0.6 is 0 Å². The maximum Gasteiger partial charge on any atom is 0.259 e. The van der Waals surface area contributed by atoms with Gasteiger partial charge in [-0.05, 0) is 19.1 Å². The van der Waals surface area contributed by atoms with Crippen molar-refractivity contribution in [2.24, 2.45) is 10.9 Å². The van der Waals surface area contributed by atoms with E-state index in [-0.39, 0.29) is 18.3 Å². The van der Waals surface area contributed by atoms with E-state index in [9.17, 15) is 4.79 Å². The average Bonchev–Trinajstić information content (AvgIpc) is 2.91. The molecule has 8 nitrogen and oxygen atoms in total. The van der Waals surface area contributed by atoms with Crippen LogP contribution in [0.25, 0.3) is 0 Å². The molecule has 0 spiro atoms. The highest BCUT2D eigenvalue weighted by atomic mass is 16.5. The van der Waals surface area contributed by atoms with E-state index in [0.29, 0.717) is 22.7 Å². The first kappa shape index (κ1) is 14.4. The predicted octanol–water partition coefficient (Wildman–Crippen LogP) is 1.10. The number of amides is 1. The Morgan fingerprint density at radius 2 is 2.38 bits per heavy atom. The Morgan fingerprint density at radius 3 is 3.05 bits per heavy atom. The second-order valence-electron chi connectivity index (χ2n) is 4.27. The standard InChI is InChI=1S/C13H15N5O3/c1-8-11(6-15-17-8)13(19)16-9-3-2-4-10(5-9)21-7-12(14)18-20/h2-6,20H,7H2,1H3,(H2,14,18)(H,15,17)(H,16,19). The van der Waals surface area contributed by atoms with Crippen molar-refractivity contribution in [1.82, 2.24) is 10.2 Å². The lowest BCUT2D eigenvalue weighted by atomic mass is 10.2. The minimum Gasteiger partial charge on any atom is -0.485 e. The molecule has 1 aromatic heterocycles. The molecule has 1 aromatic carbocycles. The van der Waals surface area contributed by atoms with Gasteiger partial charge in [0.1, 0.15) is 12.4 Å². The molecule has 2 rings (SSSR count). The van der Waals surface area contributed by atoms with Gasteiger partial charge in [0, 0.05) is 17.4 Å². The number of nitrogens with zero attached hydrogens (tertiary/aromatic N) is 2. The number of aromatic amines is 1. The van der Waals surface area contributed by atoms with Gasteiger partial charge in [0.2, 0.25) is 0 Å². The molecule has 0 saturated carbocycles. The Bertz CT molecular complexity index is 665. The summed E-state index contributed by atoms with van der Waals surface area (Å²) in [4.78, 5) is 12.0.